The number of halogens is 1. The fourth-order valence-corrected chi connectivity index (χ4v) is 4.37. The average molecular weight is 420 g/mol. The van der Waals surface area contributed by atoms with E-state index in [2.05, 4.69) is 10.6 Å². The van der Waals surface area contributed by atoms with Gasteiger partial charge in [0.25, 0.3) is 5.91 Å². The van der Waals surface area contributed by atoms with Crippen LogP contribution in [0, 0.1) is 0 Å². The molecule has 1 aliphatic rings. The summed E-state index contributed by atoms with van der Waals surface area (Å²) in [5.74, 6) is -0.140. The van der Waals surface area contributed by atoms with Gasteiger partial charge in [0.2, 0.25) is 5.91 Å². The molecule has 7 heteroatoms. The van der Waals surface area contributed by atoms with Gasteiger partial charge in [0.15, 0.2) is 0 Å². The maximum Gasteiger partial charge on any atom is 0.255 e. The Kier molecular flexibility index (Phi) is 7.34. The minimum absolute atomic E-state index is 0.0443. The number of nitrogens with one attached hydrogen (secondary N) is 2. The molecule has 150 valence electrons. The zero-order chi connectivity index (χ0) is 19.9. The van der Waals surface area contributed by atoms with Crippen molar-refractivity contribution in [3.05, 3.63) is 51.2 Å². The van der Waals surface area contributed by atoms with Gasteiger partial charge in [-0.25, -0.2) is 0 Å². The van der Waals surface area contributed by atoms with Crippen molar-refractivity contribution in [2.75, 3.05) is 18.9 Å². The van der Waals surface area contributed by atoms with Crippen LogP contribution in [0.4, 0.5) is 5.69 Å². The molecule has 1 aromatic heterocycles. The second-order valence-electron chi connectivity index (χ2n) is 7.11. The zero-order valence-corrected chi connectivity index (χ0v) is 17.6. The molecule has 2 aromatic rings. The third-order valence-corrected chi connectivity index (χ3v) is 6.32. The Bertz CT molecular complexity index is 804. The molecule has 2 N–H and O–H groups in total. The number of thiophene rings is 1. The van der Waals surface area contributed by atoms with E-state index in [1.165, 1.54) is 19.3 Å². The summed E-state index contributed by atoms with van der Waals surface area (Å²) in [5.41, 5.74) is 1.22. The highest BCUT2D eigenvalue weighted by atomic mass is 35.5. The van der Waals surface area contributed by atoms with E-state index in [-0.39, 0.29) is 18.4 Å². The summed E-state index contributed by atoms with van der Waals surface area (Å²) in [7, 11) is 1.86. The Morgan fingerprint density at radius 2 is 2.00 bits per heavy atom. The van der Waals surface area contributed by atoms with Gasteiger partial charge in [0, 0.05) is 23.7 Å². The molecule has 1 aromatic carbocycles. The molecule has 1 heterocycles. The van der Waals surface area contributed by atoms with E-state index < -0.39 is 0 Å². The third-order valence-electron chi connectivity index (χ3n) is 5.14. The van der Waals surface area contributed by atoms with Gasteiger partial charge in [-0.2, -0.15) is 0 Å². The summed E-state index contributed by atoms with van der Waals surface area (Å²) in [6.45, 7) is 0.677. The molecule has 1 aliphatic carbocycles. The van der Waals surface area contributed by atoms with Crippen LogP contribution in [0.5, 0.6) is 0 Å². The lowest BCUT2D eigenvalue weighted by atomic mass is 9.94. The molecule has 1 fully saturated rings. The topological polar surface area (TPSA) is 61.4 Å². The summed E-state index contributed by atoms with van der Waals surface area (Å²) in [6.07, 6.45) is 5.71. The Balaban J connectivity index is 1.52. The van der Waals surface area contributed by atoms with Crippen LogP contribution < -0.4 is 10.6 Å². The Labute approximate surface area is 175 Å². The number of benzene rings is 1. The van der Waals surface area contributed by atoms with Crippen molar-refractivity contribution in [2.45, 2.75) is 44.7 Å². The van der Waals surface area contributed by atoms with Crippen LogP contribution in [0.1, 0.15) is 47.3 Å². The highest BCUT2D eigenvalue weighted by Gasteiger charge is 2.24. The van der Waals surface area contributed by atoms with Gasteiger partial charge >= 0.3 is 0 Å². The van der Waals surface area contributed by atoms with Crippen LogP contribution in [-0.2, 0) is 11.3 Å². The molecular weight excluding hydrogens is 394 g/mol. The second-order valence-corrected chi connectivity index (χ2v) is 8.55. The first kappa shape index (κ1) is 20.7. The van der Waals surface area contributed by atoms with Crippen LogP contribution in [0.15, 0.2) is 35.7 Å². The SMILES string of the molecule is CN(C(=O)c1ccc(NCC(=O)NCc2cccs2)cc1Cl)C1CCCCC1. The van der Waals surface area contributed by atoms with Crippen molar-refractivity contribution in [3.8, 4) is 0 Å². The maximum absolute atomic E-state index is 12.8. The van der Waals surface area contributed by atoms with Crippen molar-refractivity contribution < 1.29 is 9.59 Å². The predicted octanol–water partition coefficient (Wildman–Crippen LogP) is 4.53. The zero-order valence-electron chi connectivity index (χ0n) is 16.0. The molecule has 0 bridgehead atoms. The Hall–Kier alpha value is -2.05. The van der Waals surface area contributed by atoms with Gasteiger partial charge < -0.3 is 15.5 Å². The number of nitrogens with zero attached hydrogens (tertiary/aromatic N) is 1. The summed E-state index contributed by atoms with van der Waals surface area (Å²) >= 11 is 7.97. The number of hydrogen-bond acceptors (Lipinski definition) is 4. The highest BCUT2D eigenvalue weighted by molar-refractivity contribution is 7.09. The van der Waals surface area contributed by atoms with Crippen molar-refractivity contribution in [3.63, 3.8) is 0 Å². The molecule has 2 amide bonds. The molecule has 1 saturated carbocycles. The van der Waals surface area contributed by atoms with E-state index in [1.807, 2.05) is 29.5 Å². The van der Waals surface area contributed by atoms with Gasteiger partial charge in [-0.3, -0.25) is 9.59 Å². The molecule has 0 aliphatic heterocycles. The molecule has 3 rings (SSSR count). The fraction of sp³-hybridized carbons (Fsp3) is 0.429. The van der Waals surface area contributed by atoms with Crippen LogP contribution in [0.2, 0.25) is 5.02 Å². The smallest absolute Gasteiger partial charge is 0.255 e. The Morgan fingerprint density at radius 3 is 2.68 bits per heavy atom. The number of hydrogen-bond donors (Lipinski definition) is 2. The highest BCUT2D eigenvalue weighted by Crippen LogP contribution is 2.26. The lowest BCUT2D eigenvalue weighted by Gasteiger charge is -2.31. The molecular formula is C21H26ClN3O2S. The number of carbonyl (C=O) groups is 2. The molecule has 5 nitrogen and oxygen atoms in total. The van der Waals surface area contributed by atoms with E-state index >= 15 is 0 Å². The van der Waals surface area contributed by atoms with Gasteiger partial charge in [0.1, 0.15) is 0 Å². The summed E-state index contributed by atoms with van der Waals surface area (Å²) in [6, 6.07) is 9.47. The summed E-state index contributed by atoms with van der Waals surface area (Å²) in [4.78, 5) is 27.7. The number of rotatable bonds is 7. The summed E-state index contributed by atoms with van der Waals surface area (Å²) in [5, 5.41) is 8.30. The van der Waals surface area contributed by atoms with Gasteiger partial charge in [-0.15, -0.1) is 11.3 Å². The van der Waals surface area contributed by atoms with Crippen molar-refractivity contribution in [1.82, 2.24) is 10.2 Å². The van der Waals surface area contributed by atoms with E-state index in [4.69, 9.17) is 11.6 Å². The lowest BCUT2D eigenvalue weighted by molar-refractivity contribution is -0.119. The molecule has 28 heavy (non-hydrogen) atoms. The predicted molar refractivity (Wildman–Crippen MR) is 115 cm³/mol. The minimum atomic E-state index is -0.0956. The van der Waals surface area contributed by atoms with Crippen LogP contribution >= 0.6 is 22.9 Å². The monoisotopic (exact) mass is 419 g/mol. The fourth-order valence-electron chi connectivity index (χ4n) is 3.47. The van der Waals surface area contributed by atoms with E-state index in [0.29, 0.717) is 28.9 Å². The lowest BCUT2D eigenvalue weighted by Crippen LogP contribution is -2.38. The molecule has 0 unspecified atom stereocenters. The summed E-state index contributed by atoms with van der Waals surface area (Å²) < 4.78 is 0. The maximum atomic E-state index is 12.8. The third kappa shape index (κ3) is 5.49. The largest absolute Gasteiger partial charge is 0.376 e. The van der Waals surface area contributed by atoms with Crippen LogP contribution in [-0.4, -0.2) is 36.3 Å². The quantitative estimate of drug-likeness (QED) is 0.692. The molecule has 0 spiro atoms. The first-order valence-corrected chi connectivity index (χ1v) is 10.9. The first-order valence-electron chi connectivity index (χ1n) is 9.64. The molecule has 0 radical (unpaired) electrons. The van der Waals surface area contributed by atoms with E-state index in [1.54, 1.807) is 29.5 Å². The second kappa shape index (κ2) is 9.94. The Morgan fingerprint density at radius 1 is 1.21 bits per heavy atom. The van der Waals surface area contributed by atoms with Crippen molar-refractivity contribution in [1.29, 1.82) is 0 Å². The number of amides is 2. The standard InChI is InChI=1S/C21H26ClN3O2S/c1-25(16-6-3-2-4-7-16)21(27)18-10-9-15(12-19(18)22)23-14-20(26)24-13-17-8-5-11-28-17/h5,8-12,16,23H,2-4,6-7,13-14H2,1H3,(H,24,26). The van der Waals surface area contributed by atoms with Gasteiger partial charge in [-0.1, -0.05) is 36.9 Å². The van der Waals surface area contributed by atoms with Gasteiger partial charge in [-0.05, 0) is 42.5 Å². The van der Waals surface area contributed by atoms with Crippen molar-refractivity contribution in [2.24, 2.45) is 0 Å². The molecule has 0 saturated heterocycles. The first-order chi connectivity index (χ1) is 13.5. The van der Waals surface area contributed by atoms with E-state index in [0.717, 1.165) is 17.7 Å². The normalized spacial score (nSPS) is 14.5. The van der Waals surface area contributed by atoms with Crippen LogP contribution in [0.3, 0.4) is 0 Å². The van der Waals surface area contributed by atoms with Crippen molar-refractivity contribution >= 4 is 40.4 Å². The van der Waals surface area contributed by atoms with Gasteiger partial charge in [0.05, 0.1) is 23.7 Å². The molecule has 0 atom stereocenters. The number of carbonyl (C=O) groups excluding carboxylic acids is 2. The van der Waals surface area contributed by atoms with E-state index in [9.17, 15) is 9.59 Å². The number of anilines is 1. The van der Waals surface area contributed by atoms with Crippen LogP contribution in [0.25, 0.3) is 0 Å². The average Bonchev–Trinajstić information content (AvgIpc) is 3.24. The minimum Gasteiger partial charge on any atom is -0.376 e.